The smallest absolute Gasteiger partial charge is 0.331 e. The number of morpholine rings is 1. The molecule has 2 amide bonds. The van der Waals surface area contributed by atoms with E-state index in [-0.39, 0.29) is 12.6 Å². The lowest BCUT2D eigenvalue weighted by molar-refractivity contribution is -0.147. The van der Waals surface area contributed by atoms with Gasteiger partial charge in [-0.05, 0) is 13.3 Å². The summed E-state index contributed by atoms with van der Waals surface area (Å²) in [6.07, 6.45) is 0.499. The van der Waals surface area contributed by atoms with Gasteiger partial charge in [-0.2, -0.15) is 0 Å². The molecule has 0 saturated carbocycles. The first-order chi connectivity index (χ1) is 8.51. The predicted octanol–water partition coefficient (Wildman–Crippen LogP) is -0.260. The van der Waals surface area contributed by atoms with Gasteiger partial charge in [0, 0.05) is 26.2 Å². The first-order valence-electron chi connectivity index (χ1n) is 6.13. The number of rotatable bonds is 2. The summed E-state index contributed by atoms with van der Waals surface area (Å²) in [5.74, 6) is -0.843. The molecule has 0 spiro atoms. The third-order valence-electron chi connectivity index (χ3n) is 3.54. The van der Waals surface area contributed by atoms with Crippen molar-refractivity contribution in [3.05, 3.63) is 0 Å². The van der Waals surface area contributed by atoms with Crippen LogP contribution in [-0.2, 0) is 9.53 Å². The number of hydrazine groups is 1. The Hall–Kier alpha value is -1.34. The van der Waals surface area contributed by atoms with Gasteiger partial charge in [-0.3, -0.25) is 10.2 Å². The lowest BCUT2D eigenvalue weighted by Crippen LogP contribution is -2.52. The van der Waals surface area contributed by atoms with Crippen LogP contribution >= 0.6 is 0 Å². The molecule has 0 bridgehead atoms. The van der Waals surface area contributed by atoms with Crippen LogP contribution in [0, 0.1) is 5.41 Å². The zero-order valence-electron chi connectivity index (χ0n) is 10.5. The Labute approximate surface area is 106 Å². The van der Waals surface area contributed by atoms with Crippen LogP contribution in [0.5, 0.6) is 0 Å². The van der Waals surface area contributed by atoms with Crippen molar-refractivity contribution in [3.63, 3.8) is 0 Å². The molecule has 102 valence electrons. The van der Waals surface area contributed by atoms with Gasteiger partial charge in [-0.1, -0.05) is 0 Å². The maximum absolute atomic E-state index is 12.0. The van der Waals surface area contributed by atoms with Gasteiger partial charge in [0.25, 0.3) is 0 Å². The van der Waals surface area contributed by atoms with Crippen molar-refractivity contribution in [2.45, 2.75) is 13.3 Å². The highest BCUT2D eigenvalue weighted by Gasteiger charge is 2.42. The Bertz CT molecular complexity index is 343. The summed E-state index contributed by atoms with van der Waals surface area (Å²) in [5, 5.41) is 10.9. The number of aliphatic carboxylic acids is 1. The van der Waals surface area contributed by atoms with Crippen LogP contribution in [0.2, 0.25) is 0 Å². The van der Waals surface area contributed by atoms with E-state index in [9.17, 15) is 9.59 Å². The highest BCUT2D eigenvalue weighted by Crippen LogP contribution is 2.29. The Balaban J connectivity index is 1.85. The fourth-order valence-corrected chi connectivity index (χ4v) is 2.19. The van der Waals surface area contributed by atoms with Gasteiger partial charge in [-0.25, -0.2) is 9.80 Å². The minimum absolute atomic E-state index is 0.220. The second-order valence-corrected chi connectivity index (χ2v) is 5.05. The normalized spacial score (nSPS) is 29.3. The highest BCUT2D eigenvalue weighted by atomic mass is 16.5. The van der Waals surface area contributed by atoms with Crippen LogP contribution in [0.3, 0.4) is 0 Å². The SMILES string of the molecule is CC1(C(=O)O)CCN(C(=O)NN2CCOCC2)C1. The minimum atomic E-state index is -0.843. The third kappa shape index (κ3) is 2.73. The topological polar surface area (TPSA) is 82.1 Å². The maximum atomic E-state index is 12.0. The number of carbonyl (C=O) groups is 2. The van der Waals surface area contributed by atoms with Crippen molar-refractivity contribution in [3.8, 4) is 0 Å². The number of hydrogen-bond donors (Lipinski definition) is 2. The summed E-state index contributed by atoms with van der Waals surface area (Å²) >= 11 is 0. The van der Waals surface area contributed by atoms with Crippen LogP contribution < -0.4 is 5.43 Å². The van der Waals surface area contributed by atoms with Crippen molar-refractivity contribution in [1.29, 1.82) is 0 Å². The highest BCUT2D eigenvalue weighted by molar-refractivity contribution is 5.79. The number of hydrogen-bond acceptors (Lipinski definition) is 4. The maximum Gasteiger partial charge on any atom is 0.331 e. The molecule has 0 aromatic heterocycles. The van der Waals surface area contributed by atoms with E-state index in [2.05, 4.69) is 5.43 Å². The molecule has 2 heterocycles. The zero-order chi connectivity index (χ0) is 13.2. The van der Waals surface area contributed by atoms with Crippen molar-refractivity contribution in [1.82, 2.24) is 15.3 Å². The van der Waals surface area contributed by atoms with Crippen LogP contribution in [0.15, 0.2) is 0 Å². The number of urea groups is 1. The van der Waals surface area contributed by atoms with E-state index in [0.717, 1.165) is 0 Å². The fraction of sp³-hybridized carbons (Fsp3) is 0.818. The average molecular weight is 257 g/mol. The van der Waals surface area contributed by atoms with Gasteiger partial charge in [-0.15, -0.1) is 0 Å². The summed E-state index contributed by atoms with van der Waals surface area (Å²) in [5.41, 5.74) is 1.97. The lowest BCUT2D eigenvalue weighted by atomic mass is 9.90. The van der Waals surface area contributed by atoms with Crippen molar-refractivity contribution >= 4 is 12.0 Å². The monoisotopic (exact) mass is 257 g/mol. The molecule has 2 aliphatic heterocycles. The van der Waals surface area contributed by atoms with Gasteiger partial charge in [0.15, 0.2) is 0 Å². The van der Waals surface area contributed by atoms with E-state index in [1.54, 1.807) is 11.8 Å². The molecule has 2 aliphatic rings. The van der Waals surface area contributed by atoms with Crippen LogP contribution in [-0.4, -0.2) is 66.4 Å². The number of ether oxygens (including phenoxy) is 1. The van der Waals surface area contributed by atoms with Gasteiger partial charge in [0.05, 0.1) is 18.6 Å². The standard InChI is InChI=1S/C11H19N3O4/c1-11(9(15)16)2-3-13(8-11)10(17)12-14-4-6-18-7-5-14/h2-8H2,1H3,(H,12,17)(H,15,16). The Morgan fingerprint density at radius 3 is 2.50 bits per heavy atom. The molecule has 1 unspecified atom stereocenters. The van der Waals surface area contributed by atoms with Crippen LogP contribution in [0.4, 0.5) is 4.79 Å². The van der Waals surface area contributed by atoms with E-state index < -0.39 is 11.4 Å². The van der Waals surface area contributed by atoms with Gasteiger partial charge < -0.3 is 14.7 Å². The van der Waals surface area contributed by atoms with Gasteiger partial charge >= 0.3 is 12.0 Å². The number of carbonyl (C=O) groups excluding carboxylic acids is 1. The fourth-order valence-electron chi connectivity index (χ4n) is 2.19. The third-order valence-corrected chi connectivity index (χ3v) is 3.54. The first-order valence-corrected chi connectivity index (χ1v) is 6.13. The summed E-state index contributed by atoms with van der Waals surface area (Å²) in [6.45, 7) is 4.96. The molecule has 7 nitrogen and oxygen atoms in total. The van der Waals surface area contributed by atoms with Crippen molar-refractivity contribution < 1.29 is 19.4 Å². The molecule has 2 rings (SSSR count). The first kappa shape index (κ1) is 13.1. The number of amides is 2. The number of nitrogens with one attached hydrogen (secondary N) is 1. The molecule has 2 N–H and O–H groups in total. The van der Waals surface area contributed by atoms with E-state index in [1.165, 1.54) is 0 Å². The molecular weight excluding hydrogens is 238 g/mol. The number of nitrogens with zero attached hydrogens (tertiary/aromatic N) is 2. The molecule has 0 radical (unpaired) electrons. The van der Waals surface area contributed by atoms with E-state index >= 15 is 0 Å². The molecular formula is C11H19N3O4. The number of carboxylic acid groups (broad SMARTS) is 1. The molecule has 7 heteroatoms. The Morgan fingerprint density at radius 1 is 1.28 bits per heavy atom. The minimum Gasteiger partial charge on any atom is -0.481 e. The van der Waals surface area contributed by atoms with Crippen LogP contribution in [0.1, 0.15) is 13.3 Å². The van der Waals surface area contributed by atoms with Crippen molar-refractivity contribution in [2.24, 2.45) is 5.41 Å². The van der Waals surface area contributed by atoms with E-state index in [4.69, 9.17) is 9.84 Å². The number of carboxylic acids is 1. The molecule has 0 aromatic carbocycles. The number of likely N-dealkylation sites (tertiary alicyclic amines) is 1. The molecule has 0 aliphatic carbocycles. The van der Waals surface area contributed by atoms with E-state index in [0.29, 0.717) is 39.3 Å². The second-order valence-electron chi connectivity index (χ2n) is 5.05. The van der Waals surface area contributed by atoms with Crippen molar-refractivity contribution in [2.75, 3.05) is 39.4 Å². The summed E-state index contributed by atoms with van der Waals surface area (Å²) < 4.78 is 5.19. The quantitative estimate of drug-likeness (QED) is 0.712. The molecule has 1 atom stereocenters. The zero-order valence-corrected chi connectivity index (χ0v) is 10.5. The molecule has 2 fully saturated rings. The predicted molar refractivity (Wildman–Crippen MR) is 62.9 cm³/mol. The summed E-state index contributed by atoms with van der Waals surface area (Å²) in [4.78, 5) is 24.6. The average Bonchev–Trinajstić information content (AvgIpc) is 2.75. The molecule has 18 heavy (non-hydrogen) atoms. The van der Waals surface area contributed by atoms with Gasteiger partial charge in [0.2, 0.25) is 0 Å². The van der Waals surface area contributed by atoms with Gasteiger partial charge in [0.1, 0.15) is 0 Å². The summed E-state index contributed by atoms with van der Waals surface area (Å²) in [7, 11) is 0. The molecule has 2 saturated heterocycles. The second kappa shape index (κ2) is 5.11. The molecule has 0 aromatic rings. The van der Waals surface area contributed by atoms with E-state index in [1.807, 2.05) is 5.01 Å². The van der Waals surface area contributed by atoms with Crippen LogP contribution in [0.25, 0.3) is 0 Å². The summed E-state index contributed by atoms with van der Waals surface area (Å²) in [6, 6.07) is -0.220. The Morgan fingerprint density at radius 2 is 1.94 bits per heavy atom. The lowest BCUT2D eigenvalue weighted by Gasteiger charge is -2.29. The Kier molecular flexibility index (Phi) is 3.72. The largest absolute Gasteiger partial charge is 0.481 e.